The number of ether oxygens (including phenoxy) is 1. The average Bonchev–Trinajstić information content (AvgIpc) is 3.53. The number of rotatable bonds is 9. The first kappa shape index (κ1) is 33.2. The van der Waals surface area contributed by atoms with E-state index in [-0.39, 0.29) is 18.1 Å². The Morgan fingerprint density at radius 2 is 1.60 bits per heavy atom. The number of benzene rings is 2. The first-order valence-corrected chi connectivity index (χ1v) is 14.7. The summed E-state index contributed by atoms with van der Waals surface area (Å²) in [5.74, 6) is 0.736. The normalized spacial score (nSPS) is 15.9. The molecular formula is C32H47F2N3O3. The molecular weight excluding hydrogens is 512 g/mol. The van der Waals surface area contributed by atoms with Gasteiger partial charge in [0.2, 0.25) is 6.41 Å². The Morgan fingerprint density at radius 1 is 1.02 bits per heavy atom. The van der Waals surface area contributed by atoms with E-state index in [0.717, 1.165) is 63.2 Å². The van der Waals surface area contributed by atoms with Crippen molar-refractivity contribution in [2.45, 2.75) is 71.9 Å². The second-order valence-corrected chi connectivity index (χ2v) is 10.2. The molecule has 40 heavy (non-hydrogen) atoms. The number of nitrogens with two attached hydrogens (primary N) is 1. The van der Waals surface area contributed by atoms with Gasteiger partial charge in [0.05, 0.1) is 6.61 Å². The van der Waals surface area contributed by atoms with Gasteiger partial charge in [-0.3, -0.25) is 9.59 Å². The van der Waals surface area contributed by atoms with Crippen molar-refractivity contribution >= 4 is 12.3 Å². The van der Waals surface area contributed by atoms with Gasteiger partial charge < -0.3 is 20.3 Å². The van der Waals surface area contributed by atoms with Crippen molar-refractivity contribution in [3.8, 4) is 16.9 Å². The second kappa shape index (κ2) is 17.0. The number of primary amides is 1. The van der Waals surface area contributed by atoms with Gasteiger partial charge in [-0.1, -0.05) is 45.9 Å². The number of nitrogens with zero attached hydrogens (tertiary/aromatic N) is 2. The van der Waals surface area contributed by atoms with Crippen molar-refractivity contribution in [2.75, 3.05) is 39.3 Å². The van der Waals surface area contributed by atoms with Crippen LogP contribution in [0.2, 0.25) is 0 Å². The minimum atomic E-state index is -1.08. The molecule has 2 aromatic rings. The van der Waals surface area contributed by atoms with Gasteiger partial charge in [-0.25, -0.2) is 8.78 Å². The fourth-order valence-electron chi connectivity index (χ4n) is 5.12. The predicted octanol–water partition coefficient (Wildman–Crippen LogP) is 6.48. The summed E-state index contributed by atoms with van der Waals surface area (Å²) in [7, 11) is 0. The molecule has 2 aromatic carbocycles. The zero-order chi connectivity index (χ0) is 29.5. The van der Waals surface area contributed by atoms with Gasteiger partial charge in [-0.15, -0.1) is 0 Å². The Labute approximate surface area is 238 Å². The van der Waals surface area contributed by atoms with Gasteiger partial charge in [-0.2, -0.15) is 0 Å². The number of likely N-dealkylation sites (tertiary alicyclic amines) is 2. The molecule has 2 aliphatic rings. The highest BCUT2D eigenvalue weighted by molar-refractivity contribution is 5.95. The van der Waals surface area contributed by atoms with Gasteiger partial charge in [0.1, 0.15) is 17.2 Å². The maximum Gasteiger partial charge on any atom is 0.253 e. The van der Waals surface area contributed by atoms with Crippen molar-refractivity contribution in [1.82, 2.24) is 9.80 Å². The fraction of sp³-hybridized carbons (Fsp3) is 0.562. The third-order valence-electron chi connectivity index (χ3n) is 7.74. The summed E-state index contributed by atoms with van der Waals surface area (Å²) in [6.07, 6.45) is 5.42. The second-order valence-electron chi connectivity index (χ2n) is 10.2. The molecule has 222 valence electrons. The molecule has 0 aromatic heterocycles. The van der Waals surface area contributed by atoms with E-state index in [1.165, 1.54) is 6.07 Å². The lowest BCUT2D eigenvalue weighted by Gasteiger charge is -2.36. The number of halogens is 2. The van der Waals surface area contributed by atoms with Crippen molar-refractivity contribution in [3.05, 3.63) is 53.8 Å². The first-order chi connectivity index (χ1) is 19.3. The van der Waals surface area contributed by atoms with Crippen molar-refractivity contribution in [1.29, 1.82) is 0 Å². The highest BCUT2D eigenvalue weighted by atomic mass is 19.1. The lowest BCUT2D eigenvalue weighted by atomic mass is 9.94. The van der Waals surface area contributed by atoms with Gasteiger partial charge in [0.15, 0.2) is 0 Å². The number of carbonyl (C=O) groups is 2. The largest absolute Gasteiger partial charge is 0.493 e. The van der Waals surface area contributed by atoms with E-state index in [9.17, 15) is 13.6 Å². The maximum atomic E-state index is 14.8. The van der Waals surface area contributed by atoms with Crippen LogP contribution in [0.3, 0.4) is 0 Å². The van der Waals surface area contributed by atoms with Crippen LogP contribution in [0.5, 0.6) is 5.75 Å². The SMILES string of the molecule is CC.CCC(F)(CC)CN1CCC(COc2ccc(-c3ccc(C(=O)N4CCCC4)cc3F)cc2)CC1.NC=O. The number of alkyl halides is 1. The van der Waals surface area contributed by atoms with Crippen LogP contribution >= 0.6 is 0 Å². The van der Waals surface area contributed by atoms with Crippen LogP contribution in [0.1, 0.15) is 76.6 Å². The van der Waals surface area contributed by atoms with E-state index < -0.39 is 5.67 Å². The van der Waals surface area contributed by atoms with Crippen molar-refractivity contribution in [3.63, 3.8) is 0 Å². The predicted molar refractivity (Wildman–Crippen MR) is 158 cm³/mol. The Kier molecular flexibility index (Phi) is 14.1. The lowest BCUT2D eigenvalue weighted by molar-refractivity contribution is -0.106. The van der Waals surface area contributed by atoms with Crippen molar-refractivity contribution < 1.29 is 23.1 Å². The summed E-state index contributed by atoms with van der Waals surface area (Å²) in [5.41, 5.74) is 4.73. The smallest absolute Gasteiger partial charge is 0.253 e. The molecule has 2 saturated heterocycles. The molecule has 2 fully saturated rings. The molecule has 0 spiro atoms. The van der Waals surface area contributed by atoms with Crippen LogP contribution in [0.4, 0.5) is 8.78 Å². The number of carbonyl (C=O) groups excluding carboxylic acids is 2. The van der Waals surface area contributed by atoms with E-state index in [2.05, 4.69) is 10.6 Å². The van der Waals surface area contributed by atoms with Gasteiger partial charge in [0, 0.05) is 30.8 Å². The van der Waals surface area contributed by atoms with E-state index in [0.29, 0.717) is 43.0 Å². The van der Waals surface area contributed by atoms with Crippen LogP contribution in [0, 0.1) is 11.7 Å². The molecule has 2 heterocycles. The van der Waals surface area contributed by atoms with E-state index in [4.69, 9.17) is 9.53 Å². The summed E-state index contributed by atoms with van der Waals surface area (Å²) in [5, 5.41) is 0. The maximum absolute atomic E-state index is 14.8. The Bertz CT molecular complexity index is 1030. The number of hydrogen-bond donors (Lipinski definition) is 1. The Balaban J connectivity index is 0.00000105. The Hall–Kier alpha value is -3.00. The minimum Gasteiger partial charge on any atom is -0.493 e. The third-order valence-corrected chi connectivity index (χ3v) is 7.74. The van der Waals surface area contributed by atoms with Crippen LogP contribution < -0.4 is 10.5 Å². The Morgan fingerprint density at radius 3 is 2.12 bits per heavy atom. The molecule has 0 bridgehead atoms. The molecule has 6 nitrogen and oxygen atoms in total. The standard InChI is InChI=1S/C29H38F2N2O2.C2H6.CH3NO/c1-3-29(31,4-2)21-32-17-13-22(14-18-32)20-35-25-10-7-23(8-11-25)26-12-9-24(19-27(26)30)28(34)33-15-5-6-16-33;1-2;2-1-3/h7-12,19,22H,3-6,13-18,20-21H2,1-2H3;1-2H3;1H,(H2,2,3). The highest BCUT2D eigenvalue weighted by Crippen LogP contribution is 2.28. The van der Waals surface area contributed by atoms with Crippen LogP contribution in [0.25, 0.3) is 11.1 Å². The van der Waals surface area contributed by atoms with Crippen molar-refractivity contribution in [2.24, 2.45) is 11.7 Å². The average molecular weight is 560 g/mol. The summed E-state index contributed by atoms with van der Waals surface area (Å²) in [4.78, 5) is 25.1. The fourth-order valence-corrected chi connectivity index (χ4v) is 5.12. The first-order valence-electron chi connectivity index (χ1n) is 14.7. The molecule has 4 rings (SSSR count). The quantitative estimate of drug-likeness (QED) is 0.357. The van der Waals surface area contributed by atoms with Gasteiger partial charge in [-0.05, 0) is 87.4 Å². The molecule has 0 radical (unpaired) electrons. The van der Waals surface area contributed by atoms with Crippen LogP contribution in [-0.4, -0.2) is 67.1 Å². The zero-order valence-electron chi connectivity index (χ0n) is 24.6. The summed E-state index contributed by atoms with van der Waals surface area (Å²) >= 11 is 0. The molecule has 2 N–H and O–H groups in total. The molecule has 0 unspecified atom stereocenters. The van der Waals surface area contributed by atoms with Gasteiger partial charge in [0.25, 0.3) is 5.91 Å². The van der Waals surface area contributed by atoms with Gasteiger partial charge >= 0.3 is 0 Å². The molecule has 0 saturated carbocycles. The summed E-state index contributed by atoms with van der Waals surface area (Å²) in [6.45, 7) is 12.3. The van der Waals surface area contributed by atoms with E-state index in [1.54, 1.807) is 17.0 Å². The number of hydrogen-bond acceptors (Lipinski definition) is 4. The topological polar surface area (TPSA) is 75.9 Å². The molecule has 2 aliphatic heterocycles. The third kappa shape index (κ3) is 9.58. The minimum absolute atomic E-state index is 0.0951. The van der Waals surface area contributed by atoms with Crippen LogP contribution in [0.15, 0.2) is 42.5 Å². The molecule has 0 atom stereocenters. The zero-order valence-corrected chi connectivity index (χ0v) is 24.6. The lowest BCUT2D eigenvalue weighted by Crippen LogP contribution is -2.44. The number of piperidine rings is 1. The molecule has 2 amide bonds. The van der Waals surface area contributed by atoms with Crippen LogP contribution in [-0.2, 0) is 4.79 Å². The molecule has 0 aliphatic carbocycles. The van der Waals surface area contributed by atoms with E-state index >= 15 is 0 Å². The summed E-state index contributed by atoms with van der Waals surface area (Å²) in [6, 6.07) is 12.2. The van der Waals surface area contributed by atoms with E-state index in [1.807, 2.05) is 52.0 Å². The number of amides is 2. The molecule has 8 heteroatoms. The highest BCUT2D eigenvalue weighted by Gasteiger charge is 2.30. The summed E-state index contributed by atoms with van der Waals surface area (Å²) < 4.78 is 35.5. The monoisotopic (exact) mass is 559 g/mol.